The van der Waals surface area contributed by atoms with E-state index in [1.165, 1.54) is 0 Å². The first-order valence-electron chi connectivity index (χ1n) is 5.31. The number of hydrogen-bond donors (Lipinski definition) is 1. The Balaban J connectivity index is 2.08. The number of rotatable bonds is 2. The van der Waals surface area contributed by atoms with E-state index < -0.39 is 9.84 Å². The number of aromatic nitrogens is 2. The Morgan fingerprint density at radius 2 is 2.12 bits per heavy atom. The van der Waals surface area contributed by atoms with Crippen LogP contribution in [0, 0.1) is 6.92 Å². The molecule has 0 bridgehead atoms. The van der Waals surface area contributed by atoms with Crippen LogP contribution in [0.2, 0.25) is 0 Å². The fourth-order valence-corrected chi connectivity index (χ4v) is 3.52. The summed E-state index contributed by atoms with van der Waals surface area (Å²) in [5.41, 5.74) is 0.797. The Bertz CT molecular complexity index is 473. The lowest BCUT2D eigenvalue weighted by atomic mass is 10.2. The van der Waals surface area contributed by atoms with E-state index in [0.717, 1.165) is 18.5 Å². The van der Waals surface area contributed by atoms with E-state index >= 15 is 0 Å². The van der Waals surface area contributed by atoms with Crippen molar-refractivity contribution in [2.75, 3.05) is 16.8 Å². The van der Waals surface area contributed by atoms with Crippen molar-refractivity contribution in [3.8, 4) is 0 Å². The average Bonchev–Trinajstić information content (AvgIpc) is 2.20. The lowest BCUT2D eigenvalue weighted by molar-refractivity contribution is 0.561. The van der Waals surface area contributed by atoms with Gasteiger partial charge in [0, 0.05) is 18.4 Å². The van der Waals surface area contributed by atoms with Gasteiger partial charge in [0.1, 0.15) is 5.82 Å². The number of sulfone groups is 1. The lowest BCUT2D eigenvalue weighted by Crippen LogP contribution is -2.35. The normalized spacial score (nSPS) is 23.9. The van der Waals surface area contributed by atoms with Crippen molar-refractivity contribution in [3.05, 3.63) is 18.1 Å². The molecule has 1 aromatic rings. The Labute approximate surface area is 95.2 Å². The molecule has 1 aliphatic heterocycles. The molecular formula is C10H15N3O2S. The zero-order valence-electron chi connectivity index (χ0n) is 9.18. The highest BCUT2D eigenvalue weighted by molar-refractivity contribution is 7.91. The maximum atomic E-state index is 11.5. The highest BCUT2D eigenvalue weighted by Gasteiger charge is 2.25. The zero-order valence-corrected chi connectivity index (χ0v) is 10.00. The molecule has 1 fully saturated rings. The van der Waals surface area contributed by atoms with Gasteiger partial charge in [-0.05, 0) is 19.8 Å². The van der Waals surface area contributed by atoms with Gasteiger partial charge in [-0.1, -0.05) is 0 Å². The monoisotopic (exact) mass is 241 g/mol. The van der Waals surface area contributed by atoms with Crippen molar-refractivity contribution in [2.24, 2.45) is 0 Å². The molecule has 1 aliphatic rings. The van der Waals surface area contributed by atoms with E-state index in [9.17, 15) is 8.42 Å². The standard InChI is InChI=1S/C10H15N3O2S/c1-8-10(12-5-4-11-8)13-9-3-2-6-16(14,15)7-9/h4-5,9H,2-3,6-7H2,1H3,(H,12,13). The largest absolute Gasteiger partial charge is 0.365 e. The molecule has 0 saturated carbocycles. The molecule has 6 heteroatoms. The number of aryl methyl sites for hydroxylation is 1. The van der Waals surface area contributed by atoms with Crippen LogP contribution in [0.5, 0.6) is 0 Å². The van der Waals surface area contributed by atoms with Crippen LogP contribution in [0.1, 0.15) is 18.5 Å². The molecule has 88 valence electrons. The lowest BCUT2D eigenvalue weighted by Gasteiger charge is -2.23. The second-order valence-electron chi connectivity index (χ2n) is 4.09. The predicted octanol–water partition coefficient (Wildman–Crippen LogP) is 0.774. The summed E-state index contributed by atoms with van der Waals surface area (Å²) < 4.78 is 22.9. The van der Waals surface area contributed by atoms with Crippen LogP contribution in [-0.2, 0) is 9.84 Å². The molecule has 0 aromatic carbocycles. The summed E-state index contributed by atoms with van der Waals surface area (Å²) in [5, 5.41) is 3.15. The molecule has 0 amide bonds. The van der Waals surface area contributed by atoms with Crippen LogP contribution in [-0.4, -0.2) is 35.9 Å². The van der Waals surface area contributed by atoms with Crippen LogP contribution >= 0.6 is 0 Å². The maximum absolute atomic E-state index is 11.5. The minimum Gasteiger partial charge on any atom is -0.365 e. The fraction of sp³-hybridized carbons (Fsp3) is 0.600. The van der Waals surface area contributed by atoms with E-state index in [4.69, 9.17) is 0 Å². The van der Waals surface area contributed by atoms with Gasteiger partial charge < -0.3 is 5.32 Å². The zero-order chi connectivity index (χ0) is 11.6. The SMILES string of the molecule is Cc1nccnc1NC1CCCS(=O)(=O)C1. The van der Waals surface area contributed by atoms with Crippen molar-refractivity contribution < 1.29 is 8.42 Å². The first-order chi connectivity index (χ1) is 7.57. The smallest absolute Gasteiger partial charge is 0.152 e. The summed E-state index contributed by atoms with van der Waals surface area (Å²) in [6.45, 7) is 1.85. The van der Waals surface area contributed by atoms with Crippen LogP contribution in [0.25, 0.3) is 0 Å². The summed E-state index contributed by atoms with van der Waals surface area (Å²) in [5.74, 6) is 1.19. The third-order valence-electron chi connectivity index (χ3n) is 2.69. The van der Waals surface area contributed by atoms with Gasteiger partial charge in [-0.25, -0.2) is 13.4 Å². The number of nitrogens with one attached hydrogen (secondary N) is 1. The molecule has 1 N–H and O–H groups in total. The summed E-state index contributed by atoms with van der Waals surface area (Å²) in [6, 6.07) is -0.0332. The number of hydrogen-bond acceptors (Lipinski definition) is 5. The van der Waals surface area contributed by atoms with Crippen LogP contribution < -0.4 is 5.32 Å². The number of nitrogens with zero attached hydrogens (tertiary/aromatic N) is 2. The Hall–Kier alpha value is -1.17. The predicted molar refractivity (Wildman–Crippen MR) is 62.1 cm³/mol. The van der Waals surface area contributed by atoms with Gasteiger partial charge in [0.15, 0.2) is 9.84 Å². The van der Waals surface area contributed by atoms with Crippen LogP contribution in [0.4, 0.5) is 5.82 Å². The van der Waals surface area contributed by atoms with Gasteiger partial charge in [-0.2, -0.15) is 0 Å². The van der Waals surface area contributed by atoms with Crippen molar-refractivity contribution >= 4 is 15.7 Å². The topological polar surface area (TPSA) is 72.0 Å². The molecule has 1 atom stereocenters. The van der Waals surface area contributed by atoms with E-state index in [2.05, 4.69) is 15.3 Å². The summed E-state index contributed by atoms with van der Waals surface area (Å²) >= 11 is 0. The van der Waals surface area contributed by atoms with Crippen molar-refractivity contribution in [1.82, 2.24) is 9.97 Å². The third-order valence-corrected chi connectivity index (χ3v) is 4.51. The molecule has 1 saturated heterocycles. The van der Waals surface area contributed by atoms with E-state index in [-0.39, 0.29) is 11.8 Å². The first kappa shape index (κ1) is 11.3. The highest BCUT2D eigenvalue weighted by atomic mass is 32.2. The molecule has 0 spiro atoms. The molecular weight excluding hydrogens is 226 g/mol. The number of anilines is 1. The fourth-order valence-electron chi connectivity index (χ4n) is 1.88. The van der Waals surface area contributed by atoms with Gasteiger partial charge in [0.05, 0.1) is 17.2 Å². The molecule has 2 heterocycles. The molecule has 0 aliphatic carbocycles. The van der Waals surface area contributed by atoms with Crippen LogP contribution in [0.15, 0.2) is 12.4 Å². The average molecular weight is 241 g/mol. The van der Waals surface area contributed by atoms with Crippen LogP contribution in [0.3, 0.4) is 0 Å². The minimum atomic E-state index is -2.88. The molecule has 1 unspecified atom stereocenters. The third kappa shape index (κ3) is 2.69. The summed E-state index contributed by atoms with van der Waals surface area (Å²) in [4.78, 5) is 8.26. The Kier molecular flexibility index (Phi) is 3.09. The van der Waals surface area contributed by atoms with Gasteiger partial charge in [-0.15, -0.1) is 0 Å². The first-order valence-corrected chi connectivity index (χ1v) is 7.13. The van der Waals surface area contributed by atoms with Gasteiger partial charge in [0.2, 0.25) is 0 Å². The van der Waals surface area contributed by atoms with Crippen molar-refractivity contribution in [3.63, 3.8) is 0 Å². The van der Waals surface area contributed by atoms with Crippen molar-refractivity contribution in [1.29, 1.82) is 0 Å². The molecule has 5 nitrogen and oxygen atoms in total. The van der Waals surface area contributed by atoms with Gasteiger partial charge in [0.25, 0.3) is 0 Å². The van der Waals surface area contributed by atoms with E-state index in [0.29, 0.717) is 11.6 Å². The highest BCUT2D eigenvalue weighted by Crippen LogP contribution is 2.17. The van der Waals surface area contributed by atoms with Gasteiger partial charge in [-0.3, -0.25) is 4.98 Å². The Morgan fingerprint density at radius 1 is 1.38 bits per heavy atom. The van der Waals surface area contributed by atoms with Crippen molar-refractivity contribution in [2.45, 2.75) is 25.8 Å². The maximum Gasteiger partial charge on any atom is 0.152 e. The molecule has 2 rings (SSSR count). The Morgan fingerprint density at radius 3 is 2.81 bits per heavy atom. The minimum absolute atomic E-state index is 0.0332. The molecule has 1 aromatic heterocycles. The summed E-state index contributed by atoms with van der Waals surface area (Å²) in [7, 11) is -2.88. The van der Waals surface area contributed by atoms with E-state index in [1.807, 2.05) is 6.92 Å². The summed E-state index contributed by atoms with van der Waals surface area (Å²) in [6.07, 6.45) is 4.82. The molecule has 16 heavy (non-hydrogen) atoms. The van der Waals surface area contributed by atoms with Gasteiger partial charge >= 0.3 is 0 Å². The quantitative estimate of drug-likeness (QED) is 0.828. The second-order valence-corrected chi connectivity index (χ2v) is 6.32. The second kappa shape index (κ2) is 4.37. The van der Waals surface area contributed by atoms with E-state index in [1.54, 1.807) is 12.4 Å². The molecule has 0 radical (unpaired) electrons.